The normalized spacial score (nSPS) is 18.3. The number of aryl methyl sites for hydroxylation is 1. The largest absolute Gasteiger partial charge is 0.504 e. The molecule has 0 radical (unpaired) electrons. The van der Waals surface area contributed by atoms with E-state index in [1.165, 1.54) is 24.3 Å². The van der Waals surface area contributed by atoms with Gasteiger partial charge in [-0.15, -0.1) is 0 Å². The maximum Gasteiger partial charge on any atom is 0.332 e. The number of carbonyl (C=O) groups excluding carboxylic acids is 6. The number of amides is 3. The van der Waals surface area contributed by atoms with Crippen molar-refractivity contribution in [3.8, 4) is 34.5 Å². The van der Waals surface area contributed by atoms with E-state index in [-0.39, 0.29) is 0 Å². The number of carbonyl (C=O) groups is 6. The zero-order valence-electron chi connectivity index (χ0n) is 26.0. The van der Waals surface area contributed by atoms with Crippen molar-refractivity contribution in [1.29, 1.82) is 0 Å². The molecule has 50 heavy (non-hydrogen) atoms. The van der Waals surface area contributed by atoms with Crippen LogP contribution in [0.1, 0.15) is 43.6 Å². The van der Waals surface area contributed by atoms with Gasteiger partial charge in [-0.25, -0.2) is 14.4 Å². The summed E-state index contributed by atoms with van der Waals surface area (Å²) < 4.78 is 15.4. The standard InChI is InChI=1S/C32H31N3O15/c1-2-14-9-17(26(41)23(38)10-14)29(44)35-20-13-50-31(46)18(33-27(42)15-5-3-7-21(36)24(15)39)11-48-30(45)19(12-49-32(20)47)34-28(43)16-6-4-8-22(37)25(16)40/h3-10,18-20,36-41H,2,11-13H2,1H3,(H,33,42)(H,34,43)(H,35,44). The molecule has 1 aliphatic rings. The van der Waals surface area contributed by atoms with Crippen LogP contribution < -0.4 is 16.0 Å². The van der Waals surface area contributed by atoms with Crippen molar-refractivity contribution in [2.45, 2.75) is 31.5 Å². The van der Waals surface area contributed by atoms with Gasteiger partial charge < -0.3 is 60.8 Å². The zero-order chi connectivity index (χ0) is 36.7. The van der Waals surface area contributed by atoms with Gasteiger partial charge in [-0.1, -0.05) is 19.1 Å². The summed E-state index contributed by atoms with van der Waals surface area (Å²) in [5, 5.41) is 66.6. The van der Waals surface area contributed by atoms with E-state index in [0.29, 0.717) is 12.0 Å². The van der Waals surface area contributed by atoms with E-state index < -0.39 is 125 Å². The molecule has 9 N–H and O–H groups in total. The minimum Gasteiger partial charge on any atom is -0.504 e. The first-order chi connectivity index (χ1) is 23.7. The number of ether oxygens (including phenoxy) is 3. The monoisotopic (exact) mass is 697 g/mol. The minimum atomic E-state index is -1.84. The van der Waals surface area contributed by atoms with Crippen LogP contribution >= 0.6 is 0 Å². The third kappa shape index (κ3) is 8.22. The summed E-state index contributed by atoms with van der Waals surface area (Å²) in [6.07, 6.45) is 0.342. The molecule has 1 aliphatic heterocycles. The average Bonchev–Trinajstić information content (AvgIpc) is 3.08. The fourth-order valence-corrected chi connectivity index (χ4v) is 4.50. The summed E-state index contributed by atoms with van der Waals surface area (Å²) in [6.45, 7) is -1.14. The Bertz CT molecular complexity index is 1780. The average molecular weight is 698 g/mol. The van der Waals surface area contributed by atoms with Crippen LogP contribution in [0.25, 0.3) is 0 Å². The Kier molecular flexibility index (Phi) is 11.2. The summed E-state index contributed by atoms with van der Waals surface area (Å²) >= 11 is 0. The van der Waals surface area contributed by atoms with Crippen molar-refractivity contribution in [1.82, 2.24) is 16.0 Å². The number of nitrogens with one attached hydrogen (secondary N) is 3. The maximum absolute atomic E-state index is 13.2. The molecule has 264 valence electrons. The van der Waals surface area contributed by atoms with Gasteiger partial charge in [-0.05, 0) is 48.4 Å². The van der Waals surface area contributed by atoms with Gasteiger partial charge in [0.2, 0.25) is 0 Å². The van der Waals surface area contributed by atoms with Crippen LogP contribution in [0.5, 0.6) is 34.5 Å². The number of esters is 3. The molecule has 0 saturated carbocycles. The number of para-hydroxylation sites is 2. The molecule has 0 bridgehead atoms. The van der Waals surface area contributed by atoms with Crippen LogP contribution in [-0.2, 0) is 35.0 Å². The van der Waals surface area contributed by atoms with E-state index in [1.807, 2.05) is 0 Å². The van der Waals surface area contributed by atoms with E-state index in [1.54, 1.807) is 6.92 Å². The minimum absolute atomic E-state index is 0.342. The molecule has 4 rings (SSSR count). The zero-order valence-corrected chi connectivity index (χ0v) is 26.0. The predicted octanol–water partition coefficient (Wildman–Crippen LogP) is -0.179. The fraction of sp³-hybridized carbons (Fsp3) is 0.250. The van der Waals surface area contributed by atoms with E-state index in [0.717, 1.165) is 24.3 Å². The summed E-state index contributed by atoms with van der Waals surface area (Å²) in [7, 11) is 0. The summed E-state index contributed by atoms with van der Waals surface area (Å²) in [5.74, 6) is -11.8. The van der Waals surface area contributed by atoms with Gasteiger partial charge in [0.25, 0.3) is 17.7 Å². The van der Waals surface area contributed by atoms with Crippen LogP contribution in [0.15, 0.2) is 48.5 Å². The molecule has 0 spiro atoms. The number of phenolic OH excluding ortho intramolecular Hbond substituents is 6. The number of hydrogen-bond donors (Lipinski definition) is 9. The van der Waals surface area contributed by atoms with Crippen LogP contribution in [0.2, 0.25) is 0 Å². The first-order valence-corrected chi connectivity index (χ1v) is 14.7. The lowest BCUT2D eigenvalue weighted by molar-refractivity contribution is -0.160. The highest BCUT2D eigenvalue weighted by atomic mass is 16.6. The number of cyclic esters (lactones) is 3. The second kappa shape index (κ2) is 15.5. The fourth-order valence-electron chi connectivity index (χ4n) is 4.50. The molecular weight excluding hydrogens is 666 g/mol. The van der Waals surface area contributed by atoms with E-state index >= 15 is 0 Å². The lowest BCUT2D eigenvalue weighted by Crippen LogP contribution is -2.52. The molecule has 0 aromatic heterocycles. The van der Waals surface area contributed by atoms with Gasteiger partial charge in [0, 0.05) is 0 Å². The third-order valence-corrected chi connectivity index (χ3v) is 7.27. The second-order valence-electron chi connectivity index (χ2n) is 10.7. The number of hydrogen-bond acceptors (Lipinski definition) is 15. The molecule has 3 aromatic carbocycles. The van der Waals surface area contributed by atoms with Gasteiger partial charge in [0.1, 0.15) is 19.8 Å². The molecule has 1 heterocycles. The van der Waals surface area contributed by atoms with E-state index in [9.17, 15) is 59.4 Å². The Morgan fingerprint density at radius 3 is 1.32 bits per heavy atom. The van der Waals surface area contributed by atoms with Crippen molar-refractivity contribution in [2.75, 3.05) is 19.8 Å². The molecule has 1 fully saturated rings. The Balaban J connectivity index is 1.64. The summed E-state index contributed by atoms with van der Waals surface area (Å²) in [6, 6.07) is 3.72. The van der Waals surface area contributed by atoms with Gasteiger partial charge in [-0.3, -0.25) is 14.4 Å². The van der Waals surface area contributed by atoms with Crippen molar-refractivity contribution in [2.24, 2.45) is 0 Å². The Morgan fingerprint density at radius 1 is 0.580 bits per heavy atom. The van der Waals surface area contributed by atoms with Crippen molar-refractivity contribution in [3.63, 3.8) is 0 Å². The van der Waals surface area contributed by atoms with Crippen LogP contribution in [0.4, 0.5) is 0 Å². The first-order valence-electron chi connectivity index (χ1n) is 14.7. The molecule has 3 aromatic rings. The van der Waals surface area contributed by atoms with Crippen LogP contribution in [-0.4, -0.2) is 104 Å². The maximum atomic E-state index is 13.2. The van der Waals surface area contributed by atoms with Crippen molar-refractivity contribution in [3.05, 3.63) is 70.8 Å². The van der Waals surface area contributed by atoms with Crippen molar-refractivity contribution < 1.29 is 73.6 Å². The summed E-state index contributed by atoms with van der Waals surface area (Å²) in [4.78, 5) is 78.5. The number of benzene rings is 3. The Morgan fingerprint density at radius 2 is 0.940 bits per heavy atom. The molecule has 3 amide bonds. The van der Waals surface area contributed by atoms with Gasteiger partial charge in [-0.2, -0.15) is 0 Å². The highest BCUT2D eigenvalue weighted by Crippen LogP contribution is 2.31. The molecule has 3 unspecified atom stereocenters. The highest BCUT2D eigenvalue weighted by Gasteiger charge is 2.35. The second-order valence-corrected chi connectivity index (χ2v) is 10.7. The smallest absolute Gasteiger partial charge is 0.332 e. The molecule has 3 atom stereocenters. The van der Waals surface area contributed by atoms with Gasteiger partial charge >= 0.3 is 17.9 Å². The molecular formula is C32H31N3O15. The molecule has 0 aliphatic carbocycles. The molecule has 18 heteroatoms. The highest BCUT2D eigenvalue weighted by molar-refractivity contribution is 6.02. The number of phenols is 6. The van der Waals surface area contributed by atoms with E-state index in [4.69, 9.17) is 14.2 Å². The Hall–Kier alpha value is -6.72. The topological polar surface area (TPSA) is 288 Å². The van der Waals surface area contributed by atoms with Gasteiger partial charge in [0.05, 0.1) is 16.7 Å². The SMILES string of the molecule is CCc1cc(O)c(O)c(C(=O)NC2COC(=O)C(NC(=O)c3cccc(O)c3O)COC(=O)C(NC(=O)c3cccc(O)c3O)COC2=O)c1. The van der Waals surface area contributed by atoms with Crippen LogP contribution in [0.3, 0.4) is 0 Å². The Labute approximate surface area is 281 Å². The number of rotatable bonds is 7. The van der Waals surface area contributed by atoms with Crippen molar-refractivity contribution >= 4 is 35.6 Å². The summed E-state index contributed by atoms with van der Waals surface area (Å²) in [5.41, 5.74) is -0.998. The van der Waals surface area contributed by atoms with Crippen LogP contribution in [0, 0.1) is 0 Å². The number of aromatic hydroxyl groups is 6. The first kappa shape index (κ1) is 36.1. The molecule has 1 saturated heterocycles. The van der Waals surface area contributed by atoms with Gasteiger partial charge in [0.15, 0.2) is 52.6 Å². The quantitative estimate of drug-likeness (QED) is 0.0879. The third-order valence-electron chi connectivity index (χ3n) is 7.27. The lowest BCUT2D eigenvalue weighted by Gasteiger charge is -2.25. The predicted molar refractivity (Wildman–Crippen MR) is 165 cm³/mol. The van der Waals surface area contributed by atoms with E-state index in [2.05, 4.69) is 16.0 Å². The lowest BCUT2D eigenvalue weighted by atomic mass is 10.1. The molecule has 18 nitrogen and oxygen atoms in total.